The Balaban J connectivity index is 1.77. The van der Waals surface area contributed by atoms with Gasteiger partial charge in [-0.1, -0.05) is 48.5 Å². The fourth-order valence-corrected chi connectivity index (χ4v) is 2.23. The van der Waals surface area contributed by atoms with E-state index in [1.165, 1.54) is 5.56 Å². The van der Waals surface area contributed by atoms with Gasteiger partial charge in [-0.2, -0.15) is 0 Å². The Morgan fingerprint density at radius 3 is 1.96 bits per heavy atom. The molecule has 2 aromatic carbocycles. The number of benzene rings is 2. The highest BCUT2D eigenvalue weighted by molar-refractivity contribution is 5.90. The largest absolute Gasteiger partial charge is 0.463 e. The summed E-state index contributed by atoms with van der Waals surface area (Å²) >= 11 is 0. The van der Waals surface area contributed by atoms with Crippen LogP contribution in [0.4, 0.5) is 0 Å². The maximum atomic E-state index is 12.0. The van der Waals surface area contributed by atoms with Gasteiger partial charge in [0.25, 0.3) is 0 Å². The Kier molecular flexibility index (Phi) is 6.96. The molecule has 25 heavy (non-hydrogen) atoms. The predicted octanol–water partition coefficient (Wildman–Crippen LogP) is 4.33. The summed E-state index contributed by atoms with van der Waals surface area (Å²) in [6.07, 6.45) is 2.40. The van der Waals surface area contributed by atoms with Crippen LogP contribution < -0.4 is 0 Å². The van der Waals surface area contributed by atoms with E-state index in [0.29, 0.717) is 31.6 Å². The van der Waals surface area contributed by atoms with Crippen LogP contribution >= 0.6 is 0 Å². The zero-order valence-electron chi connectivity index (χ0n) is 14.4. The molecule has 0 aliphatic rings. The van der Waals surface area contributed by atoms with Crippen LogP contribution in [0.5, 0.6) is 0 Å². The lowest BCUT2D eigenvalue weighted by atomic mass is 10.0. The number of ether oxygens (including phenoxy) is 2. The molecule has 0 aliphatic heterocycles. The van der Waals surface area contributed by atoms with Crippen molar-refractivity contribution in [3.05, 3.63) is 72.3 Å². The number of hydrogen-bond acceptors (Lipinski definition) is 4. The molecule has 0 saturated carbocycles. The van der Waals surface area contributed by atoms with Crippen molar-refractivity contribution in [3.8, 4) is 11.1 Å². The summed E-state index contributed by atoms with van der Waals surface area (Å²) in [5.41, 5.74) is 3.90. The number of aryl methyl sites for hydroxylation is 1. The summed E-state index contributed by atoms with van der Waals surface area (Å²) in [5, 5.41) is 0. The first-order chi connectivity index (χ1) is 12.1. The van der Waals surface area contributed by atoms with Crippen molar-refractivity contribution < 1.29 is 19.1 Å². The fraction of sp³-hybridized carbons (Fsp3) is 0.238. The van der Waals surface area contributed by atoms with E-state index in [0.717, 1.165) is 17.2 Å². The molecule has 0 unspecified atom stereocenters. The highest BCUT2D eigenvalue weighted by Crippen LogP contribution is 2.20. The number of rotatable bonds is 8. The van der Waals surface area contributed by atoms with Crippen LogP contribution in [-0.2, 0) is 14.3 Å². The summed E-state index contributed by atoms with van der Waals surface area (Å²) in [6, 6.07) is 15.6. The second-order valence-electron chi connectivity index (χ2n) is 5.66. The molecule has 2 aromatic rings. The summed E-state index contributed by atoms with van der Waals surface area (Å²) in [5.74, 6) is -0.788. The number of carbonyl (C=O) groups excluding carboxylic acids is 2. The number of hydrogen-bond donors (Lipinski definition) is 0. The highest BCUT2D eigenvalue weighted by Gasteiger charge is 2.07. The maximum absolute atomic E-state index is 12.0. The third-order valence-corrected chi connectivity index (χ3v) is 3.69. The van der Waals surface area contributed by atoms with Gasteiger partial charge in [-0.25, -0.2) is 9.59 Å². The molecular weight excluding hydrogens is 316 g/mol. The van der Waals surface area contributed by atoms with Crippen LogP contribution in [-0.4, -0.2) is 25.2 Å². The first-order valence-electron chi connectivity index (χ1n) is 8.23. The van der Waals surface area contributed by atoms with Crippen molar-refractivity contribution in [2.75, 3.05) is 13.2 Å². The molecule has 4 heteroatoms. The van der Waals surface area contributed by atoms with Crippen molar-refractivity contribution in [3.63, 3.8) is 0 Å². The first kappa shape index (κ1) is 18.5. The lowest BCUT2D eigenvalue weighted by Crippen LogP contribution is -2.08. The molecule has 0 N–H and O–H groups in total. The van der Waals surface area contributed by atoms with E-state index >= 15 is 0 Å². The number of carbonyl (C=O) groups is 2. The zero-order valence-corrected chi connectivity index (χ0v) is 14.4. The zero-order chi connectivity index (χ0) is 18.1. The quantitative estimate of drug-likeness (QED) is 0.408. The Bertz CT molecular complexity index is 715. The standard InChI is InChI=1S/C21H22O4/c1-3-20(22)24-14-4-5-15-25-21(23)19-12-10-18(11-13-19)17-8-6-16(2)7-9-17/h3,6-13H,1,4-5,14-15H2,2H3. The van der Waals surface area contributed by atoms with Gasteiger partial charge in [0.2, 0.25) is 0 Å². The van der Waals surface area contributed by atoms with E-state index in [4.69, 9.17) is 9.47 Å². The van der Waals surface area contributed by atoms with Gasteiger partial charge in [0.1, 0.15) is 0 Å². The average Bonchev–Trinajstić information content (AvgIpc) is 2.65. The Morgan fingerprint density at radius 1 is 0.880 bits per heavy atom. The fourth-order valence-electron chi connectivity index (χ4n) is 2.23. The van der Waals surface area contributed by atoms with E-state index in [-0.39, 0.29) is 5.97 Å². The lowest BCUT2D eigenvalue weighted by Gasteiger charge is -2.07. The van der Waals surface area contributed by atoms with Gasteiger partial charge in [0.15, 0.2) is 0 Å². The van der Waals surface area contributed by atoms with Crippen molar-refractivity contribution in [1.82, 2.24) is 0 Å². The van der Waals surface area contributed by atoms with Gasteiger partial charge >= 0.3 is 11.9 Å². The number of unbranched alkanes of at least 4 members (excludes halogenated alkanes) is 1. The minimum absolute atomic E-state index is 0.296. The molecule has 0 saturated heterocycles. The molecule has 0 aromatic heterocycles. The van der Waals surface area contributed by atoms with Gasteiger partial charge in [-0.3, -0.25) is 0 Å². The lowest BCUT2D eigenvalue weighted by molar-refractivity contribution is -0.137. The van der Waals surface area contributed by atoms with Crippen LogP contribution in [0.3, 0.4) is 0 Å². The maximum Gasteiger partial charge on any atom is 0.338 e. The number of esters is 2. The summed E-state index contributed by atoms with van der Waals surface area (Å²) in [4.78, 5) is 22.9. The van der Waals surface area contributed by atoms with Crippen molar-refractivity contribution in [1.29, 1.82) is 0 Å². The highest BCUT2D eigenvalue weighted by atomic mass is 16.5. The SMILES string of the molecule is C=CC(=O)OCCCCOC(=O)c1ccc(-c2ccc(C)cc2)cc1. The van der Waals surface area contributed by atoms with Gasteiger partial charge in [-0.05, 0) is 43.0 Å². The van der Waals surface area contributed by atoms with Gasteiger partial charge in [0.05, 0.1) is 18.8 Å². The third kappa shape index (κ3) is 5.92. The van der Waals surface area contributed by atoms with Crippen molar-refractivity contribution in [2.45, 2.75) is 19.8 Å². The molecular formula is C21H22O4. The van der Waals surface area contributed by atoms with Crippen LogP contribution in [0.2, 0.25) is 0 Å². The predicted molar refractivity (Wildman–Crippen MR) is 97.3 cm³/mol. The van der Waals surface area contributed by atoms with Crippen LogP contribution in [0.15, 0.2) is 61.2 Å². The normalized spacial score (nSPS) is 10.1. The molecule has 0 bridgehead atoms. The second-order valence-corrected chi connectivity index (χ2v) is 5.66. The van der Waals surface area contributed by atoms with E-state index in [1.807, 2.05) is 19.1 Å². The van der Waals surface area contributed by atoms with Gasteiger partial charge < -0.3 is 9.47 Å². The van der Waals surface area contributed by atoms with Crippen LogP contribution in [0.25, 0.3) is 11.1 Å². The summed E-state index contributed by atoms with van der Waals surface area (Å²) < 4.78 is 10.1. The van der Waals surface area contributed by atoms with E-state index in [9.17, 15) is 9.59 Å². The molecule has 0 amide bonds. The smallest absolute Gasteiger partial charge is 0.338 e. The molecule has 0 spiro atoms. The molecule has 0 fully saturated rings. The molecule has 0 aliphatic carbocycles. The molecule has 0 radical (unpaired) electrons. The first-order valence-corrected chi connectivity index (χ1v) is 8.23. The molecule has 0 atom stereocenters. The topological polar surface area (TPSA) is 52.6 Å². The molecule has 0 heterocycles. The average molecular weight is 338 g/mol. The Labute approximate surface area is 148 Å². The van der Waals surface area contributed by atoms with Crippen molar-refractivity contribution >= 4 is 11.9 Å². The van der Waals surface area contributed by atoms with Crippen LogP contribution in [0, 0.1) is 6.92 Å². The van der Waals surface area contributed by atoms with E-state index in [1.54, 1.807) is 12.1 Å². The Morgan fingerprint density at radius 2 is 1.40 bits per heavy atom. The summed E-state index contributed by atoms with van der Waals surface area (Å²) in [6.45, 7) is 5.96. The molecule has 130 valence electrons. The summed E-state index contributed by atoms with van der Waals surface area (Å²) in [7, 11) is 0. The molecule has 2 rings (SSSR count). The van der Waals surface area contributed by atoms with Gasteiger partial charge in [0, 0.05) is 6.08 Å². The monoisotopic (exact) mass is 338 g/mol. The van der Waals surface area contributed by atoms with E-state index in [2.05, 4.69) is 30.8 Å². The third-order valence-electron chi connectivity index (χ3n) is 3.69. The van der Waals surface area contributed by atoms with Crippen LogP contribution in [0.1, 0.15) is 28.8 Å². The minimum Gasteiger partial charge on any atom is -0.463 e. The minimum atomic E-state index is -0.439. The Hall–Kier alpha value is -2.88. The molecule has 4 nitrogen and oxygen atoms in total. The van der Waals surface area contributed by atoms with E-state index < -0.39 is 5.97 Å². The van der Waals surface area contributed by atoms with Crippen molar-refractivity contribution in [2.24, 2.45) is 0 Å². The van der Waals surface area contributed by atoms with Gasteiger partial charge in [-0.15, -0.1) is 0 Å². The second kappa shape index (κ2) is 9.42.